The maximum absolute atomic E-state index is 13.2. The highest BCUT2D eigenvalue weighted by Gasteiger charge is 2.21. The fourth-order valence-electron chi connectivity index (χ4n) is 6.32. The summed E-state index contributed by atoms with van der Waals surface area (Å²) in [6, 6.07) is 25.3. The molecule has 5 heterocycles. The summed E-state index contributed by atoms with van der Waals surface area (Å²) >= 11 is 0. The molecule has 0 aliphatic rings. The van der Waals surface area contributed by atoms with Crippen molar-refractivity contribution in [3.8, 4) is 33.9 Å². The summed E-state index contributed by atoms with van der Waals surface area (Å²) in [5.41, 5.74) is 6.62. The molecule has 55 heavy (non-hydrogen) atoms. The highest BCUT2D eigenvalue weighted by molar-refractivity contribution is 6.02. The van der Waals surface area contributed by atoms with E-state index in [2.05, 4.69) is 36.2 Å². The number of aromatic nitrogens is 6. The molecule has 0 bridgehead atoms. The Kier molecular flexibility index (Phi) is 10.8. The Morgan fingerprint density at radius 1 is 0.764 bits per heavy atom. The number of amides is 2. The molecule has 7 rings (SSSR count). The molecule has 13 nitrogen and oxygen atoms in total. The number of nitrogens with zero attached hydrogens (tertiary/aromatic N) is 6. The van der Waals surface area contributed by atoms with Crippen molar-refractivity contribution in [1.29, 1.82) is 0 Å². The molecule has 3 N–H and O–H groups in total. The molecule has 5 aromatic heterocycles. The van der Waals surface area contributed by atoms with Gasteiger partial charge in [-0.15, -0.1) is 0 Å². The van der Waals surface area contributed by atoms with E-state index in [0.29, 0.717) is 54.5 Å². The molecule has 0 spiro atoms. The number of nitrogens with one attached hydrogen (secondary N) is 3. The minimum absolute atomic E-state index is 0.140. The first-order valence-electron chi connectivity index (χ1n) is 17.7. The predicted molar refractivity (Wildman–Crippen MR) is 211 cm³/mol. The summed E-state index contributed by atoms with van der Waals surface area (Å²) in [5.74, 6) is 2.66. The Balaban J connectivity index is 1.29. The molecule has 0 aliphatic heterocycles. The van der Waals surface area contributed by atoms with E-state index in [1.807, 2.05) is 72.9 Å². The second kappa shape index (κ2) is 16.3. The van der Waals surface area contributed by atoms with E-state index < -0.39 is 0 Å². The number of hydrogen-bond acceptors (Lipinski definition) is 9. The summed E-state index contributed by atoms with van der Waals surface area (Å²) in [4.78, 5) is 54.6. The van der Waals surface area contributed by atoms with Crippen LogP contribution in [0.3, 0.4) is 0 Å². The Labute approximate surface area is 318 Å². The van der Waals surface area contributed by atoms with Crippen LogP contribution in [0.1, 0.15) is 37.8 Å². The maximum Gasteiger partial charge on any atom is 0.267 e. The molecule has 0 radical (unpaired) electrons. The molecule has 0 fully saturated rings. The zero-order valence-electron chi connectivity index (χ0n) is 31.0. The summed E-state index contributed by atoms with van der Waals surface area (Å²) in [5, 5.41) is 3.73. The van der Waals surface area contributed by atoms with Gasteiger partial charge in [-0.1, -0.05) is 24.3 Å². The number of imidazole rings is 1. The quantitative estimate of drug-likeness (QED) is 0.117. The molecular formula is C42H41N9O4. The molecule has 7 aromatic rings. The van der Waals surface area contributed by atoms with E-state index >= 15 is 0 Å². The van der Waals surface area contributed by atoms with Crippen molar-refractivity contribution in [1.82, 2.24) is 40.1 Å². The number of carbonyl (C=O) groups is 2. The number of H-pyrrole nitrogens is 2. The molecule has 13 heteroatoms. The van der Waals surface area contributed by atoms with E-state index in [9.17, 15) is 9.59 Å². The standard InChI is InChI=1S/C42H41N9O4/c1-50(2)42(53)29-9-14-36(47-23-29)35-21-30(33-15-17-45-39-34(33)22-37(49-39)41(52)46-18-16-38-43-19-20-44-38)24-48-40(35)51(25-27-5-10-31(54-3)11-6-27)26-28-7-12-32(55-4)13-8-28/h5-15,17,19-24H,16,18,25-26H2,1-4H3,(H,43,44)(H,45,49)(H,46,52). The van der Waals surface area contributed by atoms with E-state index in [4.69, 9.17) is 19.4 Å². The zero-order valence-corrected chi connectivity index (χ0v) is 31.0. The minimum atomic E-state index is -0.242. The largest absolute Gasteiger partial charge is 0.497 e. The molecule has 0 unspecified atom stereocenters. The van der Waals surface area contributed by atoms with Gasteiger partial charge in [0, 0.05) is 87.6 Å². The highest BCUT2D eigenvalue weighted by Crippen LogP contribution is 2.36. The number of benzene rings is 2. The first-order valence-corrected chi connectivity index (χ1v) is 17.7. The van der Waals surface area contributed by atoms with E-state index in [-0.39, 0.29) is 11.8 Å². The summed E-state index contributed by atoms with van der Waals surface area (Å²) in [6.45, 7) is 1.48. The van der Waals surface area contributed by atoms with Gasteiger partial charge in [-0.3, -0.25) is 14.6 Å². The topological polar surface area (TPSA) is 154 Å². The first kappa shape index (κ1) is 36.3. The van der Waals surface area contributed by atoms with Crippen LogP contribution in [-0.2, 0) is 19.5 Å². The van der Waals surface area contributed by atoms with E-state index in [1.54, 1.807) is 59.2 Å². The van der Waals surface area contributed by atoms with E-state index in [0.717, 1.165) is 50.5 Å². The van der Waals surface area contributed by atoms with Crippen LogP contribution in [0.25, 0.3) is 33.4 Å². The van der Waals surface area contributed by atoms with Crippen molar-refractivity contribution < 1.29 is 19.1 Å². The number of pyridine rings is 3. The van der Waals surface area contributed by atoms with E-state index in [1.165, 1.54) is 4.90 Å². The first-order chi connectivity index (χ1) is 26.8. The lowest BCUT2D eigenvalue weighted by atomic mass is 10.0. The SMILES string of the molecule is COc1ccc(CN(Cc2ccc(OC)cc2)c2ncc(-c3ccnc4[nH]c(C(=O)NCCc5ncc[nH]5)cc34)cc2-c2ccc(C(=O)N(C)C)cn2)cc1. The molecule has 2 aromatic carbocycles. The second-order valence-electron chi connectivity index (χ2n) is 13.1. The van der Waals surface area contributed by atoms with Crippen molar-refractivity contribution in [2.45, 2.75) is 19.5 Å². The smallest absolute Gasteiger partial charge is 0.267 e. The fourth-order valence-corrected chi connectivity index (χ4v) is 6.32. The minimum Gasteiger partial charge on any atom is -0.497 e. The molecule has 0 atom stereocenters. The van der Waals surface area contributed by atoms with Gasteiger partial charge in [0.1, 0.15) is 34.5 Å². The Morgan fingerprint density at radius 3 is 2.07 bits per heavy atom. The third-order valence-corrected chi connectivity index (χ3v) is 9.21. The highest BCUT2D eigenvalue weighted by atomic mass is 16.5. The monoisotopic (exact) mass is 735 g/mol. The Morgan fingerprint density at radius 2 is 1.47 bits per heavy atom. The summed E-state index contributed by atoms with van der Waals surface area (Å²) in [7, 11) is 6.72. The number of anilines is 1. The van der Waals surface area contributed by atoms with Crippen LogP contribution < -0.4 is 19.7 Å². The number of aromatic amines is 2. The van der Waals surface area contributed by atoms with Crippen LogP contribution in [0.2, 0.25) is 0 Å². The van der Waals surface area contributed by atoms with Crippen LogP contribution in [0.15, 0.2) is 110 Å². The van der Waals surface area contributed by atoms with Crippen molar-refractivity contribution in [2.24, 2.45) is 0 Å². The van der Waals surface area contributed by atoms with Gasteiger partial charge < -0.3 is 34.6 Å². The molecular weight excluding hydrogens is 695 g/mol. The van der Waals surface area contributed by atoms with Crippen molar-refractivity contribution in [2.75, 3.05) is 39.8 Å². The number of fused-ring (bicyclic) bond motifs is 1. The van der Waals surface area contributed by atoms with Crippen LogP contribution in [0, 0.1) is 0 Å². The van der Waals surface area contributed by atoms with Crippen molar-refractivity contribution >= 4 is 28.7 Å². The number of rotatable bonds is 14. The average molecular weight is 736 g/mol. The molecule has 0 aliphatic carbocycles. The lowest BCUT2D eigenvalue weighted by molar-refractivity contribution is 0.0826. The van der Waals surface area contributed by atoms with Gasteiger partial charge in [0.2, 0.25) is 0 Å². The molecule has 2 amide bonds. The third kappa shape index (κ3) is 8.31. The van der Waals surface area contributed by atoms with Crippen LogP contribution >= 0.6 is 0 Å². The lowest BCUT2D eigenvalue weighted by Gasteiger charge is -2.27. The molecule has 278 valence electrons. The van der Waals surface area contributed by atoms with Crippen LogP contribution in [-0.4, -0.2) is 81.5 Å². The van der Waals surface area contributed by atoms with Crippen LogP contribution in [0.5, 0.6) is 11.5 Å². The fraction of sp³-hybridized carbons (Fsp3) is 0.190. The Bertz CT molecular complexity index is 2340. The zero-order chi connectivity index (χ0) is 38.3. The van der Waals surface area contributed by atoms with Gasteiger partial charge in [0.25, 0.3) is 11.8 Å². The van der Waals surface area contributed by atoms with Gasteiger partial charge in [-0.25, -0.2) is 15.0 Å². The van der Waals surface area contributed by atoms with Gasteiger partial charge in [-0.2, -0.15) is 0 Å². The van der Waals surface area contributed by atoms with Gasteiger partial charge in [0.05, 0.1) is 25.5 Å². The van der Waals surface area contributed by atoms with Crippen LogP contribution in [0.4, 0.5) is 5.82 Å². The second-order valence-corrected chi connectivity index (χ2v) is 13.1. The van der Waals surface area contributed by atoms with Gasteiger partial charge >= 0.3 is 0 Å². The van der Waals surface area contributed by atoms with Crippen molar-refractivity contribution in [3.05, 3.63) is 138 Å². The average Bonchev–Trinajstić information content (AvgIpc) is 3.91. The number of methoxy groups -OCH3 is 2. The van der Waals surface area contributed by atoms with Gasteiger partial charge in [0.15, 0.2) is 0 Å². The number of ether oxygens (including phenoxy) is 2. The molecule has 0 saturated carbocycles. The summed E-state index contributed by atoms with van der Waals surface area (Å²) < 4.78 is 10.8. The lowest BCUT2D eigenvalue weighted by Crippen LogP contribution is -2.26. The molecule has 0 saturated heterocycles. The Hall–Kier alpha value is -7.02. The third-order valence-electron chi connectivity index (χ3n) is 9.21. The number of hydrogen-bond donors (Lipinski definition) is 3. The summed E-state index contributed by atoms with van der Waals surface area (Å²) in [6.07, 6.45) is 9.16. The predicted octanol–water partition coefficient (Wildman–Crippen LogP) is 6.31. The normalized spacial score (nSPS) is 11.0. The van der Waals surface area contributed by atoms with Crippen molar-refractivity contribution in [3.63, 3.8) is 0 Å². The van der Waals surface area contributed by atoms with Gasteiger partial charge in [-0.05, 0) is 71.3 Å². The number of carbonyl (C=O) groups excluding carboxylic acids is 2. The maximum atomic E-state index is 13.2.